The predicted octanol–water partition coefficient (Wildman–Crippen LogP) is 2.11. The summed E-state index contributed by atoms with van der Waals surface area (Å²) in [5.74, 6) is 0. The van der Waals surface area contributed by atoms with Gasteiger partial charge in [-0.25, -0.2) is 0 Å². The molecule has 16 heavy (non-hydrogen) atoms. The van der Waals surface area contributed by atoms with Crippen LogP contribution in [0.2, 0.25) is 0 Å². The van der Waals surface area contributed by atoms with E-state index in [1.54, 1.807) is 6.92 Å². The van der Waals surface area contributed by atoms with E-state index in [1.165, 1.54) is 0 Å². The molecule has 4 heteroatoms. The van der Waals surface area contributed by atoms with E-state index in [0.717, 1.165) is 28.7 Å². The van der Waals surface area contributed by atoms with Gasteiger partial charge in [-0.15, -0.1) is 0 Å². The Morgan fingerprint density at radius 3 is 2.69 bits per heavy atom. The molecule has 1 rings (SSSR count). The Hall–Kier alpha value is -0.580. The van der Waals surface area contributed by atoms with E-state index in [4.69, 9.17) is 5.73 Å². The fourth-order valence-corrected chi connectivity index (χ4v) is 2.01. The summed E-state index contributed by atoms with van der Waals surface area (Å²) in [7, 11) is 2.02. The van der Waals surface area contributed by atoms with Crippen LogP contribution in [-0.2, 0) is 6.54 Å². The van der Waals surface area contributed by atoms with Crippen molar-refractivity contribution < 1.29 is 5.11 Å². The molecule has 0 heterocycles. The first-order valence-electron chi connectivity index (χ1n) is 5.41. The van der Waals surface area contributed by atoms with Crippen LogP contribution >= 0.6 is 15.9 Å². The summed E-state index contributed by atoms with van der Waals surface area (Å²) < 4.78 is 1.04. The summed E-state index contributed by atoms with van der Waals surface area (Å²) in [6, 6.07) is 6.15. The van der Waals surface area contributed by atoms with Crippen LogP contribution in [0.4, 0.5) is 5.69 Å². The van der Waals surface area contributed by atoms with Gasteiger partial charge in [0, 0.05) is 30.3 Å². The maximum Gasteiger partial charge on any atom is 0.0528 e. The third-order valence-electron chi connectivity index (χ3n) is 2.50. The van der Waals surface area contributed by atoms with E-state index in [2.05, 4.69) is 33.0 Å². The van der Waals surface area contributed by atoms with Crippen molar-refractivity contribution in [3.8, 4) is 0 Å². The topological polar surface area (TPSA) is 49.5 Å². The van der Waals surface area contributed by atoms with E-state index in [1.807, 2.05) is 13.1 Å². The second kappa shape index (κ2) is 6.23. The van der Waals surface area contributed by atoms with Crippen LogP contribution in [0.15, 0.2) is 22.7 Å². The third-order valence-corrected chi connectivity index (χ3v) is 2.96. The number of halogens is 1. The van der Waals surface area contributed by atoms with Gasteiger partial charge in [0.25, 0.3) is 0 Å². The highest BCUT2D eigenvalue weighted by molar-refractivity contribution is 9.10. The van der Waals surface area contributed by atoms with Crippen molar-refractivity contribution >= 4 is 21.6 Å². The van der Waals surface area contributed by atoms with Crippen molar-refractivity contribution in [3.05, 3.63) is 28.2 Å². The van der Waals surface area contributed by atoms with Gasteiger partial charge in [0.2, 0.25) is 0 Å². The Balaban J connectivity index is 2.74. The van der Waals surface area contributed by atoms with Crippen LogP contribution in [0.25, 0.3) is 0 Å². The largest absolute Gasteiger partial charge is 0.393 e. The molecule has 0 radical (unpaired) electrons. The summed E-state index contributed by atoms with van der Waals surface area (Å²) in [5.41, 5.74) is 7.86. The quantitative estimate of drug-likeness (QED) is 0.872. The van der Waals surface area contributed by atoms with Crippen LogP contribution in [-0.4, -0.2) is 24.8 Å². The molecule has 0 aromatic heterocycles. The van der Waals surface area contributed by atoms with Gasteiger partial charge in [-0.05, 0) is 37.1 Å². The molecule has 3 nitrogen and oxygen atoms in total. The number of nitrogens with two attached hydrogens (primary N) is 1. The summed E-state index contributed by atoms with van der Waals surface area (Å²) in [6.07, 6.45) is 0.504. The number of benzene rings is 1. The zero-order valence-corrected chi connectivity index (χ0v) is 11.4. The van der Waals surface area contributed by atoms with Gasteiger partial charge in [-0.3, -0.25) is 0 Å². The normalized spacial score (nSPS) is 12.6. The molecule has 0 saturated carbocycles. The number of hydrogen-bond donors (Lipinski definition) is 2. The minimum Gasteiger partial charge on any atom is -0.393 e. The first-order chi connectivity index (χ1) is 7.52. The Labute approximate surface area is 105 Å². The van der Waals surface area contributed by atoms with Crippen molar-refractivity contribution in [2.75, 3.05) is 18.5 Å². The highest BCUT2D eigenvalue weighted by Gasteiger charge is 2.05. The van der Waals surface area contributed by atoms with Crippen LogP contribution < -0.4 is 10.6 Å². The van der Waals surface area contributed by atoms with Gasteiger partial charge in [0.05, 0.1) is 6.10 Å². The van der Waals surface area contributed by atoms with E-state index >= 15 is 0 Å². The molecular weight excluding hydrogens is 268 g/mol. The van der Waals surface area contributed by atoms with Gasteiger partial charge < -0.3 is 15.7 Å². The Bertz CT molecular complexity index is 342. The van der Waals surface area contributed by atoms with Gasteiger partial charge in [-0.2, -0.15) is 0 Å². The van der Waals surface area contributed by atoms with Crippen molar-refractivity contribution in [2.24, 2.45) is 5.73 Å². The minimum atomic E-state index is -0.261. The van der Waals surface area contributed by atoms with Crippen LogP contribution in [0.5, 0.6) is 0 Å². The van der Waals surface area contributed by atoms with Crippen LogP contribution in [0.1, 0.15) is 18.9 Å². The van der Waals surface area contributed by atoms with Crippen LogP contribution in [0, 0.1) is 0 Å². The zero-order chi connectivity index (χ0) is 12.1. The molecule has 1 aromatic carbocycles. The smallest absolute Gasteiger partial charge is 0.0528 e. The number of nitrogens with zero attached hydrogens (tertiary/aromatic N) is 1. The SMILES string of the molecule is CC(O)CCN(C)c1cc(Br)cc(CN)c1. The molecular formula is C12H19BrN2O. The van der Waals surface area contributed by atoms with Gasteiger partial charge in [0.1, 0.15) is 0 Å². The standard InChI is InChI=1S/C12H19BrN2O/c1-9(16)3-4-15(2)12-6-10(8-14)5-11(13)7-12/h5-7,9,16H,3-4,8,14H2,1-2H3. The highest BCUT2D eigenvalue weighted by atomic mass is 79.9. The molecule has 3 N–H and O–H groups in total. The highest BCUT2D eigenvalue weighted by Crippen LogP contribution is 2.22. The van der Waals surface area contributed by atoms with E-state index in [-0.39, 0.29) is 6.10 Å². The molecule has 0 aliphatic heterocycles. The van der Waals surface area contributed by atoms with Crippen molar-refractivity contribution in [2.45, 2.75) is 26.0 Å². The minimum absolute atomic E-state index is 0.261. The fourth-order valence-electron chi connectivity index (χ4n) is 1.48. The second-order valence-electron chi connectivity index (χ2n) is 4.08. The summed E-state index contributed by atoms with van der Waals surface area (Å²) in [6.45, 7) is 3.18. The molecule has 0 amide bonds. The maximum absolute atomic E-state index is 9.25. The molecule has 0 aliphatic rings. The van der Waals surface area contributed by atoms with Crippen molar-refractivity contribution in [1.82, 2.24) is 0 Å². The third kappa shape index (κ3) is 4.12. The molecule has 1 atom stereocenters. The molecule has 1 unspecified atom stereocenters. The lowest BCUT2D eigenvalue weighted by Gasteiger charge is -2.21. The second-order valence-corrected chi connectivity index (χ2v) is 5.00. The van der Waals surface area contributed by atoms with E-state index in [0.29, 0.717) is 6.54 Å². The fraction of sp³-hybridized carbons (Fsp3) is 0.500. The van der Waals surface area contributed by atoms with Gasteiger partial charge in [0.15, 0.2) is 0 Å². The van der Waals surface area contributed by atoms with Crippen LogP contribution in [0.3, 0.4) is 0 Å². The number of rotatable bonds is 5. The lowest BCUT2D eigenvalue weighted by molar-refractivity contribution is 0.187. The first-order valence-corrected chi connectivity index (χ1v) is 6.21. The monoisotopic (exact) mass is 286 g/mol. The summed E-state index contributed by atoms with van der Waals surface area (Å²) in [4.78, 5) is 2.12. The first kappa shape index (κ1) is 13.5. The Morgan fingerprint density at radius 1 is 1.44 bits per heavy atom. The number of aliphatic hydroxyl groups excluding tert-OH is 1. The average molecular weight is 287 g/mol. The number of hydrogen-bond acceptors (Lipinski definition) is 3. The lowest BCUT2D eigenvalue weighted by atomic mass is 10.2. The van der Waals surface area contributed by atoms with E-state index in [9.17, 15) is 5.11 Å². The predicted molar refractivity (Wildman–Crippen MR) is 71.6 cm³/mol. The summed E-state index contributed by atoms with van der Waals surface area (Å²) in [5, 5.41) is 9.25. The number of anilines is 1. The van der Waals surface area contributed by atoms with Gasteiger partial charge in [-0.1, -0.05) is 15.9 Å². The zero-order valence-electron chi connectivity index (χ0n) is 9.78. The molecule has 0 saturated heterocycles. The summed E-state index contributed by atoms with van der Waals surface area (Å²) >= 11 is 3.47. The Morgan fingerprint density at radius 2 is 2.12 bits per heavy atom. The van der Waals surface area contributed by atoms with Gasteiger partial charge >= 0.3 is 0 Å². The average Bonchev–Trinajstić information content (AvgIpc) is 2.24. The van der Waals surface area contributed by atoms with E-state index < -0.39 is 0 Å². The molecule has 0 fully saturated rings. The van der Waals surface area contributed by atoms with Crippen molar-refractivity contribution in [3.63, 3.8) is 0 Å². The molecule has 0 bridgehead atoms. The molecule has 0 spiro atoms. The maximum atomic E-state index is 9.25. The van der Waals surface area contributed by atoms with Crippen molar-refractivity contribution in [1.29, 1.82) is 0 Å². The lowest BCUT2D eigenvalue weighted by Crippen LogP contribution is -2.22. The molecule has 90 valence electrons. The molecule has 1 aromatic rings. The Kier molecular flexibility index (Phi) is 5.25. The molecule has 0 aliphatic carbocycles. The number of aliphatic hydroxyl groups is 1.